The van der Waals surface area contributed by atoms with Crippen LogP contribution in [0.4, 0.5) is 0 Å². The smallest absolute Gasteiger partial charge is 0.171 e. The molecule has 0 radical (unpaired) electrons. The minimum absolute atomic E-state index is 0.464. The third kappa shape index (κ3) is 5.58. The zero-order valence-electron chi connectivity index (χ0n) is 19.8. The maximum atomic E-state index is 10.5. The van der Waals surface area contributed by atoms with E-state index in [4.69, 9.17) is 19.2 Å². The molecular formula is C25H32N2O7S. The number of imidazole rings is 1. The van der Waals surface area contributed by atoms with E-state index < -0.39 is 36.5 Å². The molecule has 5 unspecified atom stereocenters. The number of rotatable bonds is 10. The van der Waals surface area contributed by atoms with Gasteiger partial charge < -0.3 is 39.2 Å². The summed E-state index contributed by atoms with van der Waals surface area (Å²) in [6, 6.07) is 13.5. The Hall–Kier alpha value is -2.34. The first-order valence-corrected chi connectivity index (χ1v) is 12.6. The Morgan fingerprint density at radius 3 is 2.60 bits per heavy atom. The Morgan fingerprint density at radius 1 is 1.06 bits per heavy atom. The fourth-order valence-corrected chi connectivity index (χ4v) is 5.15. The minimum atomic E-state index is -1.44. The van der Waals surface area contributed by atoms with Gasteiger partial charge in [-0.05, 0) is 36.2 Å². The van der Waals surface area contributed by atoms with E-state index in [0.29, 0.717) is 29.8 Å². The lowest BCUT2D eigenvalue weighted by atomic mass is 10.0. The van der Waals surface area contributed by atoms with E-state index in [1.165, 1.54) is 0 Å². The predicted octanol–water partition coefficient (Wildman–Crippen LogP) is 2.16. The van der Waals surface area contributed by atoms with Gasteiger partial charge in [0.05, 0.1) is 37.9 Å². The molecule has 0 bridgehead atoms. The SMILES string of the molecule is CCCCOc1ccc(Cn2c(SC3OC(CO)C(O)C(O)C3O)nc3ccccc32)cc1OC. The van der Waals surface area contributed by atoms with Gasteiger partial charge in [-0.3, -0.25) is 0 Å². The fourth-order valence-electron chi connectivity index (χ4n) is 4.00. The standard InChI is InChI=1S/C25H32N2O7S/c1-3-4-11-33-18-10-9-15(12-19(18)32-2)13-27-17-8-6-5-7-16(17)26-25(27)35-24-23(31)22(30)21(29)20(14-28)34-24/h5-10,12,20-24,28-31H,3-4,11,13-14H2,1-2H3. The summed E-state index contributed by atoms with van der Waals surface area (Å²) >= 11 is 1.14. The molecule has 10 heteroatoms. The summed E-state index contributed by atoms with van der Waals surface area (Å²) in [5.74, 6) is 1.34. The van der Waals surface area contributed by atoms with Crippen molar-refractivity contribution in [2.45, 2.75) is 61.3 Å². The molecule has 2 heterocycles. The largest absolute Gasteiger partial charge is 0.493 e. The maximum Gasteiger partial charge on any atom is 0.171 e. The van der Waals surface area contributed by atoms with Crippen molar-refractivity contribution in [3.05, 3.63) is 48.0 Å². The number of thioether (sulfide) groups is 1. The number of hydrogen-bond donors (Lipinski definition) is 4. The lowest BCUT2D eigenvalue weighted by Gasteiger charge is -2.39. The molecule has 190 valence electrons. The number of aromatic nitrogens is 2. The zero-order valence-corrected chi connectivity index (χ0v) is 20.6. The second-order valence-electron chi connectivity index (χ2n) is 8.47. The highest BCUT2D eigenvalue weighted by atomic mass is 32.2. The summed E-state index contributed by atoms with van der Waals surface area (Å²) in [6.45, 7) is 2.72. The van der Waals surface area contributed by atoms with Crippen LogP contribution in [-0.2, 0) is 11.3 Å². The van der Waals surface area contributed by atoms with Crippen molar-refractivity contribution in [2.24, 2.45) is 0 Å². The van der Waals surface area contributed by atoms with Crippen LogP contribution in [0.25, 0.3) is 11.0 Å². The molecule has 0 spiro atoms. The van der Waals surface area contributed by atoms with E-state index in [0.717, 1.165) is 41.2 Å². The second-order valence-corrected chi connectivity index (χ2v) is 9.54. The molecule has 0 amide bonds. The molecule has 2 aromatic carbocycles. The van der Waals surface area contributed by atoms with E-state index in [2.05, 4.69) is 6.92 Å². The van der Waals surface area contributed by atoms with E-state index in [1.54, 1.807) is 7.11 Å². The summed E-state index contributed by atoms with van der Waals surface area (Å²) in [4.78, 5) is 4.71. The van der Waals surface area contributed by atoms with Gasteiger partial charge in [0.2, 0.25) is 0 Å². The van der Waals surface area contributed by atoms with Crippen molar-refractivity contribution in [1.82, 2.24) is 9.55 Å². The molecule has 3 aromatic rings. The predicted molar refractivity (Wildman–Crippen MR) is 132 cm³/mol. The molecule has 1 aliphatic heterocycles. The lowest BCUT2D eigenvalue weighted by Crippen LogP contribution is -2.57. The third-order valence-corrected chi connectivity index (χ3v) is 7.16. The number of nitrogens with zero attached hydrogens (tertiary/aromatic N) is 2. The molecule has 4 N–H and O–H groups in total. The van der Waals surface area contributed by atoms with Crippen molar-refractivity contribution < 1.29 is 34.6 Å². The average Bonchev–Trinajstić information content (AvgIpc) is 3.21. The van der Waals surface area contributed by atoms with Gasteiger partial charge in [0.15, 0.2) is 16.7 Å². The first-order valence-electron chi connectivity index (χ1n) is 11.7. The maximum absolute atomic E-state index is 10.5. The third-order valence-electron chi connectivity index (χ3n) is 6.01. The van der Waals surface area contributed by atoms with Crippen molar-refractivity contribution in [1.29, 1.82) is 0 Å². The second kappa shape index (κ2) is 11.6. The molecule has 1 fully saturated rings. The zero-order chi connectivity index (χ0) is 24.9. The van der Waals surface area contributed by atoms with E-state index in [1.807, 2.05) is 47.0 Å². The number of methoxy groups -OCH3 is 1. The lowest BCUT2D eigenvalue weighted by molar-refractivity contribution is -0.205. The van der Waals surface area contributed by atoms with Gasteiger partial charge in [-0.25, -0.2) is 4.98 Å². The van der Waals surface area contributed by atoms with Gasteiger partial charge in [0, 0.05) is 0 Å². The quantitative estimate of drug-likeness (QED) is 0.307. The minimum Gasteiger partial charge on any atom is -0.493 e. The van der Waals surface area contributed by atoms with Crippen LogP contribution >= 0.6 is 11.8 Å². The molecule has 4 rings (SSSR count). The molecule has 9 nitrogen and oxygen atoms in total. The number of aliphatic hydroxyl groups is 4. The number of ether oxygens (including phenoxy) is 3. The molecule has 35 heavy (non-hydrogen) atoms. The summed E-state index contributed by atoms with van der Waals surface area (Å²) < 4.78 is 19.1. The van der Waals surface area contributed by atoms with Crippen molar-refractivity contribution in [3.63, 3.8) is 0 Å². The first-order chi connectivity index (χ1) is 17.0. The van der Waals surface area contributed by atoms with Crippen LogP contribution < -0.4 is 9.47 Å². The Labute approximate surface area is 208 Å². The number of hydrogen-bond acceptors (Lipinski definition) is 9. The molecule has 1 aromatic heterocycles. The van der Waals surface area contributed by atoms with Crippen LogP contribution in [0.1, 0.15) is 25.3 Å². The van der Waals surface area contributed by atoms with E-state index >= 15 is 0 Å². The molecule has 0 saturated carbocycles. The molecule has 0 aliphatic carbocycles. The average molecular weight is 505 g/mol. The van der Waals surface area contributed by atoms with Crippen LogP contribution in [0.5, 0.6) is 11.5 Å². The number of fused-ring (bicyclic) bond motifs is 1. The molecule has 1 saturated heterocycles. The van der Waals surface area contributed by atoms with Crippen molar-refractivity contribution >= 4 is 22.8 Å². The molecule has 5 atom stereocenters. The Balaban J connectivity index is 1.62. The van der Waals surface area contributed by atoms with Crippen molar-refractivity contribution in [2.75, 3.05) is 20.3 Å². The topological polar surface area (TPSA) is 126 Å². The molecular weight excluding hydrogens is 472 g/mol. The van der Waals surface area contributed by atoms with Crippen molar-refractivity contribution in [3.8, 4) is 11.5 Å². The van der Waals surface area contributed by atoms with Gasteiger partial charge >= 0.3 is 0 Å². The normalized spacial score (nSPS) is 24.6. The van der Waals surface area contributed by atoms with Crippen LogP contribution in [0.15, 0.2) is 47.6 Å². The van der Waals surface area contributed by atoms with Gasteiger partial charge in [-0.15, -0.1) is 0 Å². The number of unbranched alkanes of at least 4 members (excludes halogenated alkanes) is 1. The van der Waals surface area contributed by atoms with Gasteiger partial charge in [0.1, 0.15) is 29.9 Å². The van der Waals surface area contributed by atoms with Gasteiger partial charge in [-0.2, -0.15) is 0 Å². The molecule has 1 aliphatic rings. The summed E-state index contributed by atoms with van der Waals surface area (Å²) in [6.07, 6.45) is -3.18. The number of benzene rings is 2. The van der Waals surface area contributed by atoms with E-state index in [-0.39, 0.29) is 0 Å². The fraction of sp³-hybridized carbons (Fsp3) is 0.480. The highest BCUT2D eigenvalue weighted by molar-refractivity contribution is 7.99. The number of aliphatic hydroxyl groups excluding tert-OH is 4. The Kier molecular flexibility index (Phi) is 8.53. The van der Waals surface area contributed by atoms with E-state index in [9.17, 15) is 20.4 Å². The highest BCUT2D eigenvalue weighted by Gasteiger charge is 2.44. The van der Waals surface area contributed by atoms with Crippen LogP contribution in [0.3, 0.4) is 0 Å². The Morgan fingerprint density at radius 2 is 1.86 bits per heavy atom. The van der Waals surface area contributed by atoms with Crippen LogP contribution in [0.2, 0.25) is 0 Å². The van der Waals surface area contributed by atoms with Gasteiger partial charge in [-0.1, -0.05) is 43.3 Å². The van der Waals surface area contributed by atoms with Gasteiger partial charge in [0.25, 0.3) is 0 Å². The monoisotopic (exact) mass is 504 g/mol. The highest BCUT2D eigenvalue weighted by Crippen LogP contribution is 2.36. The Bertz CT molecular complexity index is 1120. The van der Waals surface area contributed by atoms with Crippen LogP contribution in [0, 0.1) is 0 Å². The summed E-state index contributed by atoms with van der Waals surface area (Å²) in [5.41, 5.74) is 1.70. The summed E-state index contributed by atoms with van der Waals surface area (Å²) in [7, 11) is 1.61. The first kappa shape index (κ1) is 25.7. The number of para-hydroxylation sites is 2. The van der Waals surface area contributed by atoms with Crippen LogP contribution in [-0.4, -0.2) is 80.2 Å². The summed E-state index contributed by atoms with van der Waals surface area (Å²) in [5, 5.41) is 40.9.